The number of anilines is 1. The van der Waals surface area contributed by atoms with Gasteiger partial charge in [0.15, 0.2) is 0 Å². The number of phenolic OH excluding ortho intramolecular Hbond substituents is 1. The minimum atomic E-state index is -0.142. The molecule has 1 heterocycles. The lowest BCUT2D eigenvalue weighted by atomic mass is 9.72. The van der Waals surface area contributed by atoms with Gasteiger partial charge in [-0.3, -0.25) is 4.79 Å². The average molecular weight is 467 g/mol. The molecule has 166 valence electrons. The van der Waals surface area contributed by atoms with Crippen LogP contribution in [-0.4, -0.2) is 17.2 Å². The van der Waals surface area contributed by atoms with E-state index in [1.54, 1.807) is 66.1 Å². The third kappa shape index (κ3) is 5.05. The van der Waals surface area contributed by atoms with E-state index >= 15 is 0 Å². The maximum atomic E-state index is 13.3. The summed E-state index contributed by atoms with van der Waals surface area (Å²) in [5.41, 5.74) is 3.59. The van der Waals surface area contributed by atoms with Crippen LogP contribution in [0.4, 0.5) is 10.7 Å². The van der Waals surface area contributed by atoms with Crippen LogP contribution in [-0.2, 0) is 12.8 Å². The summed E-state index contributed by atoms with van der Waals surface area (Å²) in [6, 6.07) is 14.0. The van der Waals surface area contributed by atoms with Crippen molar-refractivity contribution in [2.45, 2.75) is 40.0 Å². The summed E-state index contributed by atoms with van der Waals surface area (Å²) in [7, 11) is 0. The van der Waals surface area contributed by atoms with E-state index in [4.69, 9.17) is 16.6 Å². The largest absolute Gasteiger partial charge is 0.508 e. The molecule has 0 unspecified atom stereocenters. The average Bonchev–Trinajstić information content (AvgIpc) is 3.12. The van der Waals surface area contributed by atoms with Gasteiger partial charge in [-0.05, 0) is 90.3 Å². The Kier molecular flexibility index (Phi) is 6.40. The molecule has 32 heavy (non-hydrogen) atoms. The Bertz CT molecular complexity index is 1140. The number of nitrogens with zero attached hydrogens (tertiary/aromatic N) is 1. The molecule has 6 heteroatoms. The van der Waals surface area contributed by atoms with Crippen LogP contribution in [0, 0.1) is 11.3 Å². The highest BCUT2D eigenvalue weighted by Crippen LogP contribution is 2.45. The minimum absolute atomic E-state index is 0.142. The number of aromatic hydroxyl groups is 1. The molecule has 0 radical (unpaired) electrons. The van der Waals surface area contributed by atoms with Crippen LogP contribution in [0.15, 0.2) is 53.5 Å². The lowest BCUT2D eigenvalue weighted by molar-refractivity contribution is 0.102. The van der Waals surface area contributed by atoms with Gasteiger partial charge in [0.25, 0.3) is 5.91 Å². The van der Waals surface area contributed by atoms with Gasteiger partial charge in [-0.25, -0.2) is 4.99 Å². The van der Waals surface area contributed by atoms with Crippen molar-refractivity contribution in [3.63, 3.8) is 0 Å². The summed E-state index contributed by atoms with van der Waals surface area (Å²) in [6.07, 6.45) is 4.66. The molecular formula is C26H27ClN2O2S. The molecule has 0 aliphatic heterocycles. The molecule has 1 atom stereocenters. The summed E-state index contributed by atoms with van der Waals surface area (Å²) in [5.74, 6) is 0.650. The smallest absolute Gasteiger partial charge is 0.259 e. The molecule has 2 aromatic carbocycles. The first kappa shape index (κ1) is 22.6. The zero-order valence-corrected chi connectivity index (χ0v) is 20.1. The van der Waals surface area contributed by atoms with E-state index in [0.717, 1.165) is 35.4 Å². The fourth-order valence-corrected chi connectivity index (χ4v) is 5.45. The van der Waals surface area contributed by atoms with Crippen molar-refractivity contribution >= 4 is 45.7 Å². The first-order chi connectivity index (χ1) is 15.2. The first-order valence-electron chi connectivity index (χ1n) is 10.8. The second-order valence-electron chi connectivity index (χ2n) is 9.30. The lowest BCUT2D eigenvalue weighted by Gasteiger charge is -2.33. The maximum Gasteiger partial charge on any atom is 0.259 e. The number of rotatable bonds is 4. The Hall–Kier alpha value is -2.63. The van der Waals surface area contributed by atoms with E-state index in [1.165, 1.54) is 4.88 Å². The zero-order chi connectivity index (χ0) is 22.9. The molecule has 3 aromatic rings. The van der Waals surface area contributed by atoms with E-state index in [0.29, 0.717) is 22.2 Å². The topological polar surface area (TPSA) is 61.7 Å². The van der Waals surface area contributed by atoms with Crippen molar-refractivity contribution in [2.75, 3.05) is 5.32 Å². The number of nitrogens with one attached hydrogen (secondary N) is 1. The Labute approximate surface area is 198 Å². The molecular weight excluding hydrogens is 440 g/mol. The molecule has 4 rings (SSSR count). The number of thiophene rings is 1. The number of benzene rings is 2. The van der Waals surface area contributed by atoms with Crippen molar-refractivity contribution in [1.82, 2.24) is 0 Å². The van der Waals surface area contributed by atoms with Gasteiger partial charge in [0.05, 0.1) is 5.56 Å². The number of phenols is 1. The van der Waals surface area contributed by atoms with E-state index < -0.39 is 0 Å². The van der Waals surface area contributed by atoms with Crippen LogP contribution < -0.4 is 5.32 Å². The van der Waals surface area contributed by atoms with Crippen molar-refractivity contribution < 1.29 is 9.90 Å². The Balaban J connectivity index is 1.69. The fourth-order valence-electron chi connectivity index (χ4n) is 4.06. The highest BCUT2D eigenvalue weighted by molar-refractivity contribution is 7.16. The second kappa shape index (κ2) is 9.08. The van der Waals surface area contributed by atoms with Gasteiger partial charge in [0.2, 0.25) is 0 Å². The summed E-state index contributed by atoms with van der Waals surface area (Å²) in [5, 5.41) is 13.9. The van der Waals surface area contributed by atoms with Gasteiger partial charge >= 0.3 is 0 Å². The van der Waals surface area contributed by atoms with E-state index in [1.807, 2.05) is 0 Å². The van der Waals surface area contributed by atoms with Gasteiger partial charge in [-0.2, -0.15) is 0 Å². The number of fused-ring (bicyclic) bond motifs is 1. The number of amides is 1. The molecule has 0 saturated heterocycles. The molecule has 1 aliphatic rings. The third-order valence-electron chi connectivity index (χ3n) is 6.02. The number of carbonyl (C=O) groups excluding carboxylic acids is 1. The molecule has 0 fully saturated rings. The first-order valence-corrected chi connectivity index (χ1v) is 11.9. The predicted octanol–water partition coefficient (Wildman–Crippen LogP) is 7.26. The molecule has 0 saturated carbocycles. The van der Waals surface area contributed by atoms with Crippen LogP contribution >= 0.6 is 22.9 Å². The van der Waals surface area contributed by atoms with Gasteiger partial charge in [-0.15, -0.1) is 11.3 Å². The molecule has 1 amide bonds. The summed E-state index contributed by atoms with van der Waals surface area (Å²) >= 11 is 7.60. The second-order valence-corrected chi connectivity index (χ2v) is 10.8. The molecule has 0 bridgehead atoms. The number of aliphatic imine (C=N–C) groups is 1. The van der Waals surface area contributed by atoms with Crippen LogP contribution in [0.5, 0.6) is 5.75 Å². The van der Waals surface area contributed by atoms with Gasteiger partial charge < -0.3 is 10.4 Å². The Morgan fingerprint density at radius 3 is 2.50 bits per heavy atom. The Morgan fingerprint density at radius 1 is 1.16 bits per heavy atom. The molecule has 2 N–H and O–H groups in total. The van der Waals surface area contributed by atoms with Crippen LogP contribution in [0.3, 0.4) is 0 Å². The van der Waals surface area contributed by atoms with E-state index in [-0.39, 0.29) is 17.1 Å². The van der Waals surface area contributed by atoms with Crippen LogP contribution in [0.25, 0.3) is 0 Å². The Morgan fingerprint density at radius 2 is 1.84 bits per heavy atom. The van der Waals surface area contributed by atoms with Gasteiger partial charge in [-0.1, -0.05) is 32.4 Å². The number of hydrogen-bond donors (Lipinski definition) is 2. The summed E-state index contributed by atoms with van der Waals surface area (Å²) in [6.45, 7) is 6.86. The van der Waals surface area contributed by atoms with Crippen LogP contribution in [0.2, 0.25) is 5.02 Å². The van der Waals surface area contributed by atoms with E-state index in [9.17, 15) is 9.90 Å². The lowest BCUT2D eigenvalue weighted by Crippen LogP contribution is -2.27. The zero-order valence-electron chi connectivity index (χ0n) is 18.5. The molecule has 1 aliphatic carbocycles. The normalized spacial score (nSPS) is 16.2. The maximum absolute atomic E-state index is 13.3. The van der Waals surface area contributed by atoms with Crippen molar-refractivity contribution in [3.8, 4) is 5.75 Å². The quantitative estimate of drug-likeness (QED) is 0.397. The van der Waals surface area contributed by atoms with Crippen LogP contribution in [0.1, 0.15) is 53.6 Å². The number of halogens is 1. The highest BCUT2D eigenvalue weighted by atomic mass is 35.5. The van der Waals surface area contributed by atoms with Crippen molar-refractivity contribution in [3.05, 3.63) is 75.1 Å². The fraction of sp³-hybridized carbons (Fsp3) is 0.308. The molecule has 0 spiro atoms. The summed E-state index contributed by atoms with van der Waals surface area (Å²) in [4.78, 5) is 19.3. The molecule has 4 nitrogen and oxygen atoms in total. The summed E-state index contributed by atoms with van der Waals surface area (Å²) < 4.78 is 0. The number of hydrogen-bond acceptors (Lipinski definition) is 4. The van der Waals surface area contributed by atoms with Gasteiger partial charge in [0, 0.05) is 21.8 Å². The highest BCUT2D eigenvalue weighted by Gasteiger charge is 2.33. The predicted molar refractivity (Wildman–Crippen MR) is 134 cm³/mol. The van der Waals surface area contributed by atoms with Gasteiger partial charge in [0.1, 0.15) is 10.8 Å². The van der Waals surface area contributed by atoms with Crippen molar-refractivity contribution in [1.29, 1.82) is 0 Å². The SMILES string of the molecule is CC(C)(C)[C@@H]1CCc2c(sc(N=Cc3ccc(O)cc3)c2C(=O)Nc2ccc(Cl)cc2)C1. The minimum Gasteiger partial charge on any atom is -0.508 e. The monoisotopic (exact) mass is 466 g/mol. The van der Waals surface area contributed by atoms with Crippen molar-refractivity contribution in [2.24, 2.45) is 16.3 Å². The van der Waals surface area contributed by atoms with E-state index in [2.05, 4.69) is 26.1 Å². The molecule has 1 aromatic heterocycles. The number of carbonyl (C=O) groups is 1. The third-order valence-corrected chi connectivity index (χ3v) is 7.44. The standard InChI is InChI=1S/C26H27ClN2O2S/c1-26(2,3)17-6-13-21-22(14-17)32-25(28-15-16-4-11-20(30)12-5-16)23(21)24(31)29-19-9-7-18(27)8-10-19/h4-5,7-12,15,17,30H,6,13-14H2,1-3H3,(H,29,31)/t17-/m1/s1.